The molecule has 2 heterocycles. The van der Waals surface area contributed by atoms with Gasteiger partial charge in [-0.2, -0.15) is 0 Å². The maximum Gasteiger partial charge on any atom is 0.317 e. The van der Waals surface area contributed by atoms with Crippen molar-refractivity contribution in [3.05, 3.63) is 58.4 Å². The largest absolute Gasteiger partial charge is 0.457 e. The number of carbonyl (C=O) groups excluding carboxylic acids is 4. The van der Waals surface area contributed by atoms with Crippen molar-refractivity contribution in [1.29, 1.82) is 0 Å². The minimum atomic E-state index is -0.904. The predicted molar refractivity (Wildman–Crippen MR) is 115 cm³/mol. The molecule has 1 amide bonds. The Morgan fingerprint density at radius 1 is 1.03 bits per heavy atom. The zero-order valence-corrected chi connectivity index (χ0v) is 18.4. The van der Waals surface area contributed by atoms with Crippen LogP contribution < -0.4 is 0 Å². The first-order chi connectivity index (χ1) is 14.7. The van der Waals surface area contributed by atoms with E-state index in [0.717, 1.165) is 5.56 Å². The Kier molecular flexibility index (Phi) is 6.43. The Balaban J connectivity index is 1.79. The molecule has 0 unspecified atom stereocenters. The van der Waals surface area contributed by atoms with Gasteiger partial charge in [0.2, 0.25) is 11.7 Å². The van der Waals surface area contributed by atoms with E-state index in [2.05, 4.69) is 4.98 Å². The standard InChI is InChI=1S/C24H28N2O5/c1-15-21(17(3)27)16(2)25-22(15)20(29)14-31-23(30)24(19-8-6-5-7-9-19)10-12-26(13-11-24)18(4)28/h5-9,25H,10-14H2,1-4H3. The summed E-state index contributed by atoms with van der Waals surface area (Å²) in [6.45, 7) is 6.89. The number of nitrogens with zero attached hydrogens (tertiary/aromatic N) is 1. The summed E-state index contributed by atoms with van der Waals surface area (Å²) in [5.74, 6) is -1.000. The van der Waals surface area contributed by atoms with E-state index >= 15 is 0 Å². The summed E-state index contributed by atoms with van der Waals surface area (Å²) >= 11 is 0. The first kappa shape index (κ1) is 22.5. The van der Waals surface area contributed by atoms with Gasteiger partial charge in [0.1, 0.15) is 0 Å². The number of H-pyrrole nitrogens is 1. The first-order valence-corrected chi connectivity index (χ1v) is 10.4. The van der Waals surface area contributed by atoms with Gasteiger partial charge in [0.25, 0.3) is 0 Å². The number of ether oxygens (including phenoxy) is 1. The van der Waals surface area contributed by atoms with E-state index in [9.17, 15) is 19.2 Å². The molecule has 2 aromatic rings. The zero-order chi connectivity index (χ0) is 22.8. The lowest BCUT2D eigenvalue weighted by Crippen LogP contribution is -2.49. The molecule has 0 radical (unpaired) electrons. The molecule has 7 nitrogen and oxygen atoms in total. The summed E-state index contributed by atoms with van der Waals surface area (Å²) in [6.07, 6.45) is 0.859. The van der Waals surface area contributed by atoms with Crippen molar-refractivity contribution in [2.24, 2.45) is 0 Å². The monoisotopic (exact) mass is 424 g/mol. The molecule has 1 N–H and O–H groups in total. The lowest BCUT2D eigenvalue weighted by molar-refractivity contribution is -0.153. The molecule has 1 aromatic carbocycles. The number of amides is 1. The van der Waals surface area contributed by atoms with Crippen molar-refractivity contribution in [2.75, 3.05) is 19.7 Å². The van der Waals surface area contributed by atoms with Crippen molar-refractivity contribution in [1.82, 2.24) is 9.88 Å². The molecule has 0 aliphatic carbocycles. The zero-order valence-electron chi connectivity index (χ0n) is 18.4. The average Bonchev–Trinajstić information content (AvgIpc) is 3.06. The third-order valence-electron chi connectivity index (χ3n) is 6.18. The molecule has 1 aliphatic rings. The number of aryl methyl sites for hydroxylation is 1. The van der Waals surface area contributed by atoms with Crippen LogP contribution in [0.3, 0.4) is 0 Å². The average molecular weight is 424 g/mol. The normalized spacial score (nSPS) is 15.4. The van der Waals surface area contributed by atoms with Crippen molar-refractivity contribution >= 4 is 23.4 Å². The number of aromatic nitrogens is 1. The van der Waals surface area contributed by atoms with Crippen LogP contribution in [0.1, 0.15) is 64.4 Å². The molecule has 0 saturated carbocycles. The third kappa shape index (κ3) is 4.31. The van der Waals surface area contributed by atoms with E-state index in [0.29, 0.717) is 42.8 Å². The van der Waals surface area contributed by atoms with E-state index in [-0.39, 0.29) is 23.2 Å². The molecule has 164 valence electrons. The molecule has 1 aliphatic heterocycles. The van der Waals surface area contributed by atoms with E-state index in [1.807, 2.05) is 30.3 Å². The highest BCUT2D eigenvalue weighted by molar-refractivity contribution is 6.04. The molecule has 3 rings (SSSR count). The Morgan fingerprint density at radius 2 is 1.65 bits per heavy atom. The number of hydrogen-bond donors (Lipinski definition) is 1. The third-order valence-corrected chi connectivity index (χ3v) is 6.18. The number of hydrogen-bond acceptors (Lipinski definition) is 5. The number of carbonyl (C=O) groups is 4. The number of Topliss-reactive ketones (excluding diaryl/α,β-unsaturated/α-hetero) is 2. The quantitative estimate of drug-likeness (QED) is 0.568. The maximum absolute atomic E-state index is 13.3. The van der Waals surface area contributed by atoms with Crippen molar-refractivity contribution < 1.29 is 23.9 Å². The number of rotatable bonds is 6. The minimum absolute atomic E-state index is 0.0240. The van der Waals surface area contributed by atoms with E-state index in [1.165, 1.54) is 13.8 Å². The summed E-state index contributed by atoms with van der Waals surface area (Å²) < 4.78 is 5.52. The van der Waals surface area contributed by atoms with Crippen LogP contribution in [0.2, 0.25) is 0 Å². The Morgan fingerprint density at radius 3 is 2.16 bits per heavy atom. The Hall–Kier alpha value is -3.22. The van der Waals surface area contributed by atoms with Crippen molar-refractivity contribution in [2.45, 2.75) is 46.0 Å². The molecule has 1 fully saturated rings. The number of ketones is 2. The number of benzene rings is 1. The van der Waals surface area contributed by atoms with Gasteiger partial charge < -0.3 is 14.6 Å². The van der Waals surface area contributed by atoms with Gasteiger partial charge in [-0.3, -0.25) is 19.2 Å². The maximum atomic E-state index is 13.3. The fourth-order valence-corrected chi connectivity index (χ4v) is 4.47. The van der Waals surface area contributed by atoms with Crippen LogP contribution in [0.4, 0.5) is 0 Å². The van der Waals surface area contributed by atoms with E-state index in [4.69, 9.17) is 4.74 Å². The topological polar surface area (TPSA) is 96.5 Å². The van der Waals surface area contributed by atoms with Gasteiger partial charge in [-0.15, -0.1) is 0 Å². The highest BCUT2D eigenvalue weighted by Gasteiger charge is 2.45. The molecular weight excluding hydrogens is 396 g/mol. The summed E-state index contributed by atoms with van der Waals surface area (Å²) in [6, 6.07) is 9.36. The van der Waals surface area contributed by atoms with Crippen molar-refractivity contribution in [3.63, 3.8) is 0 Å². The summed E-state index contributed by atoms with van der Waals surface area (Å²) in [5.41, 5.74) is 1.89. The van der Waals surface area contributed by atoms with Gasteiger partial charge in [0.05, 0.1) is 11.1 Å². The molecule has 0 spiro atoms. The smallest absolute Gasteiger partial charge is 0.317 e. The summed E-state index contributed by atoms with van der Waals surface area (Å²) in [4.78, 5) is 54.2. The van der Waals surface area contributed by atoms with Crippen LogP contribution in [0.25, 0.3) is 0 Å². The summed E-state index contributed by atoms with van der Waals surface area (Å²) in [5, 5.41) is 0. The Bertz CT molecular complexity index is 1010. The molecule has 0 bridgehead atoms. The lowest BCUT2D eigenvalue weighted by atomic mass is 9.72. The van der Waals surface area contributed by atoms with Crippen LogP contribution >= 0.6 is 0 Å². The molecular formula is C24H28N2O5. The van der Waals surface area contributed by atoms with Crippen LogP contribution in [0, 0.1) is 13.8 Å². The van der Waals surface area contributed by atoms with Gasteiger partial charge in [0, 0.05) is 31.3 Å². The molecule has 7 heteroatoms. The SMILES string of the molecule is CC(=O)c1c(C)[nH]c(C(=O)COC(=O)C2(c3ccccc3)CCN(C(C)=O)CC2)c1C. The number of likely N-dealkylation sites (tertiary alicyclic amines) is 1. The summed E-state index contributed by atoms with van der Waals surface area (Å²) in [7, 11) is 0. The first-order valence-electron chi connectivity index (χ1n) is 10.4. The second-order valence-electron chi connectivity index (χ2n) is 8.13. The lowest BCUT2D eigenvalue weighted by Gasteiger charge is -2.40. The number of aromatic amines is 1. The van der Waals surface area contributed by atoms with Crippen molar-refractivity contribution in [3.8, 4) is 0 Å². The number of esters is 1. The van der Waals surface area contributed by atoms with Crippen LogP contribution in [-0.4, -0.2) is 53.0 Å². The minimum Gasteiger partial charge on any atom is -0.457 e. The van der Waals surface area contributed by atoms with E-state index < -0.39 is 18.0 Å². The molecule has 1 saturated heterocycles. The second-order valence-corrected chi connectivity index (χ2v) is 8.13. The molecule has 1 aromatic heterocycles. The predicted octanol–water partition coefficient (Wildman–Crippen LogP) is 3.14. The molecule has 31 heavy (non-hydrogen) atoms. The van der Waals surface area contributed by atoms with Gasteiger partial charge >= 0.3 is 5.97 Å². The van der Waals surface area contributed by atoms with Gasteiger partial charge in [-0.05, 0) is 44.7 Å². The number of nitrogens with one attached hydrogen (secondary N) is 1. The number of piperidine rings is 1. The van der Waals surface area contributed by atoms with E-state index in [1.54, 1.807) is 18.7 Å². The molecule has 0 atom stereocenters. The van der Waals surface area contributed by atoms with Crippen LogP contribution in [-0.2, 0) is 19.7 Å². The van der Waals surface area contributed by atoms with Crippen LogP contribution in [0.5, 0.6) is 0 Å². The van der Waals surface area contributed by atoms with Gasteiger partial charge in [-0.1, -0.05) is 30.3 Å². The fourth-order valence-electron chi connectivity index (χ4n) is 4.47. The highest BCUT2D eigenvalue weighted by atomic mass is 16.5. The fraction of sp³-hybridized carbons (Fsp3) is 0.417. The second kappa shape index (κ2) is 8.88. The highest BCUT2D eigenvalue weighted by Crippen LogP contribution is 2.37. The van der Waals surface area contributed by atoms with Gasteiger partial charge in [-0.25, -0.2) is 0 Å². The Labute approximate surface area is 181 Å². The van der Waals surface area contributed by atoms with Gasteiger partial charge in [0.15, 0.2) is 12.4 Å². The van der Waals surface area contributed by atoms with Crippen LogP contribution in [0.15, 0.2) is 30.3 Å².